The molecular weight excluding hydrogens is 399 g/mol. The van der Waals surface area contributed by atoms with E-state index in [4.69, 9.17) is 0 Å². The van der Waals surface area contributed by atoms with E-state index >= 15 is 0 Å². The van der Waals surface area contributed by atoms with Crippen molar-refractivity contribution in [3.63, 3.8) is 0 Å². The van der Waals surface area contributed by atoms with Crippen molar-refractivity contribution in [1.29, 1.82) is 0 Å². The molecule has 1 amide bonds. The van der Waals surface area contributed by atoms with Crippen LogP contribution < -0.4 is 16.2 Å². The van der Waals surface area contributed by atoms with Gasteiger partial charge in [0.1, 0.15) is 11.5 Å². The molecule has 3 heterocycles. The number of nitrogens with zero attached hydrogens (tertiary/aromatic N) is 4. The maximum atomic E-state index is 13.8. The van der Waals surface area contributed by atoms with Gasteiger partial charge in [-0.15, -0.1) is 0 Å². The molecule has 0 radical (unpaired) electrons. The summed E-state index contributed by atoms with van der Waals surface area (Å²) in [5.74, 6) is -0.0909. The minimum absolute atomic E-state index is 0.245. The number of benzene rings is 1. The van der Waals surface area contributed by atoms with Crippen LogP contribution in [0.4, 0.5) is 10.1 Å². The number of aromatic nitrogens is 4. The largest absolute Gasteiger partial charge is 0.383 e. The van der Waals surface area contributed by atoms with Crippen molar-refractivity contribution in [3.05, 3.63) is 82.3 Å². The Bertz CT molecular complexity index is 1330. The molecule has 9 heteroatoms. The van der Waals surface area contributed by atoms with Gasteiger partial charge in [0.25, 0.3) is 11.5 Å². The lowest BCUT2D eigenvalue weighted by Crippen LogP contribution is -2.26. The molecule has 0 saturated carbocycles. The highest BCUT2D eigenvalue weighted by Crippen LogP contribution is 2.24. The molecule has 158 valence electrons. The number of hydrogen-bond acceptors (Lipinski definition) is 5. The molecule has 31 heavy (non-hydrogen) atoms. The summed E-state index contributed by atoms with van der Waals surface area (Å²) >= 11 is 0. The average Bonchev–Trinajstić information content (AvgIpc) is 3.10. The second kappa shape index (κ2) is 8.39. The molecule has 0 unspecified atom stereocenters. The first kappa shape index (κ1) is 20.3. The van der Waals surface area contributed by atoms with Gasteiger partial charge in [-0.1, -0.05) is 0 Å². The predicted octanol–water partition coefficient (Wildman–Crippen LogP) is 2.50. The Hall–Kier alpha value is -4.01. The highest BCUT2D eigenvalue weighted by atomic mass is 19.1. The van der Waals surface area contributed by atoms with E-state index in [9.17, 15) is 14.0 Å². The van der Waals surface area contributed by atoms with Gasteiger partial charge in [0.2, 0.25) is 0 Å². The zero-order valence-corrected chi connectivity index (χ0v) is 17.1. The normalized spacial score (nSPS) is 10.9. The monoisotopic (exact) mass is 420 g/mol. The van der Waals surface area contributed by atoms with Crippen molar-refractivity contribution >= 4 is 22.5 Å². The fourth-order valence-corrected chi connectivity index (χ4v) is 3.39. The van der Waals surface area contributed by atoms with Crippen molar-refractivity contribution in [1.82, 2.24) is 24.6 Å². The van der Waals surface area contributed by atoms with Crippen molar-refractivity contribution < 1.29 is 9.18 Å². The van der Waals surface area contributed by atoms with E-state index in [1.807, 2.05) is 13.1 Å². The fourth-order valence-electron chi connectivity index (χ4n) is 3.39. The van der Waals surface area contributed by atoms with Crippen LogP contribution in [0.25, 0.3) is 16.7 Å². The second-order valence-electron chi connectivity index (χ2n) is 7.03. The summed E-state index contributed by atoms with van der Waals surface area (Å²) in [6.07, 6.45) is 3.41. The molecule has 8 nitrogen and oxygen atoms in total. The van der Waals surface area contributed by atoms with E-state index in [0.29, 0.717) is 35.8 Å². The van der Waals surface area contributed by atoms with Gasteiger partial charge in [-0.25, -0.2) is 9.07 Å². The third-order valence-electron chi connectivity index (χ3n) is 4.94. The van der Waals surface area contributed by atoms with E-state index in [2.05, 4.69) is 20.7 Å². The Morgan fingerprint density at radius 3 is 2.81 bits per heavy atom. The maximum absolute atomic E-state index is 13.8. The number of hydrogen-bond donors (Lipinski definition) is 2. The van der Waals surface area contributed by atoms with Crippen LogP contribution in [0.5, 0.6) is 0 Å². The number of anilines is 1. The van der Waals surface area contributed by atoms with E-state index in [0.717, 1.165) is 10.9 Å². The third kappa shape index (κ3) is 4.16. The average molecular weight is 420 g/mol. The maximum Gasteiger partial charge on any atom is 0.269 e. The molecule has 4 rings (SSSR count). The highest BCUT2D eigenvalue weighted by Gasteiger charge is 2.11. The van der Waals surface area contributed by atoms with Crippen molar-refractivity contribution in [2.24, 2.45) is 0 Å². The van der Waals surface area contributed by atoms with Crippen LogP contribution in [-0.4, -0.2) is 38.8 Å². The van der Waals surface area contributed by atoms with Gasteiger partial charge < -0.3 is 10.6 Å². The number of fused-ring (bicyclic) bond motifs is 1. The molecule has 0 atom stereocenters. The van der Waals surface area contributed by atoms with Crippen LogP contribution in [0.15, 0.2) is 59.7 Å². The molecule has 0 aliphatic heterocycles. The van der Waals surface area contributed by atoms with Crippen LogP contribution >= 0.6 is 0 Å². The number of carbonyl (C=O) groups excluding carboxylic acids is 1. The van der Waals surface area contributed by atoms with Crippen LogP contribution in [0.3, 0.4) is 0 Å². The summed E-state index contributed by atoms with van der Waals surface area (Å²) in [5, 5.41) is 11.1. The van der Waals surface area contributed by atoms with E-state index in [1.165, 1.54) is 29.1 Å². The van der Waals surface area contributed by atoms with Gasteiger partial charge in [-0.3, -0.25) is 19.1 Å². The topological polar surface area (TPSA) is 93.8 Å². The Morgan fingerprint density at radius 2 is 2.00 bits per heavy atom. The van der Waals surface area contributed by atoms with Gasteiger partial charge in [-0.05, 0) is 48.9 Å². The lowest BCUT2D eigenvalue weighted by atomic mass is 10.2. The summed E-state index contributed by atoms with van der Waals surface area (Å²) in [7, 11) is 1.54. The minimum Gasteiger partial charge on any atom is -0.383 e. The number of nitrogens with one attached hydrogen (secondary N) is 2. The first-order chi connectivity index (χ1) is 15.0. The molecule has 4 aromatic rings. The van der Waals surface area contributed by atoms with Crippen LogP contribution in [-0.2, 0) is 6.54 Å². The zero-order valence-electron chi connectivity index (χ0n) is 17.1. The van der Waals surface area contributed by atoms with Crippen molar-refractivity contribution in [2.45, 2.75) is 13.5 Å². The highest BCUT2D eigenvalue weighted by molar-refractivity contribution is 5.92. The van der Waals surface area contributed by atoms with Gasteiger partial charge in [0.15, 0.2) is 5.82 Å². The zero-order chi connectivity index (χ0) is 22.0. The number of pyridine rings is 1. The van der Waals surface area contributed by atoms with Gasteiger partial charge in [0, 0.05) is 43.1 Å². The van der Waals surface area contributed by atoms with Crippen molar-refractivity contribution in [2.75, 3.05) is 18.9 Å². The SMILES string of the molecule is CNC(=O)c1cc(NCCn2nc(-n3cc(C)c4ccc(F)cc43)ccc2=O)ccn1. The Morgan fingerprint density at radius 1 is 1.16 bits per heavy atom. The summed E-state index contributed by atoms with van der Waals surface area (Å²) in [6, 6.07) is 11.0. The summed E-state index contributed by atoms with van der Waals surface area (Å²) in [6.45, 7) is 2.66. The van der Waals surface area contributed by atoms with Gasteiger partial charge in [0.05, 0.1) is 12.1 Å². The van der Waals surface area contributed by atoms with E-state index in [-0.39, 0.29) is 17.3 Å². The molecule has 0 saturated heterocycles. The summed E-state index contributed by atoms with van der Waals surface area (Å²) in [4.78, 5) is 28.0. The number of carbonyl (C=O) groups is 1. The molecule has 3 aromatic heterocycles. The molecule has 0 aliphatic rings. The van der Waals surface area contributed by atoms with Gasteiger partial charge in [-0.2, -0.15) is 5.10 Å². The summed E-state index contributed by atoms with van der Waals surface area (Å²) in [5.41, 5.74) is 2.44. The lowest BCUT2D eigenvalue weighted by Gasteiger charge is -2.11. The smallest absolute Gasteiger partial charge is 0.269 e. The molecular formula is C22H21FN6O2. The molecule has 0 fully saturated rings. The second-order valence-corrected chi connectivity index (χ2v) is 7.03. The van der Waals surface area contributed by atoms with E-state index in [1.54, 1.807) is 35.9 Å². The predicted molar refractivity (Wildman–Crippen MR) is 116 cm³/mol. The Kier molecular flexibility index (Phi) is 5.48. The first-order valence-electron chi connectivity index (χ1n) is 9.74. The lowest BCUT2D eigenvalue weighted by molar-refractivity contribution is 0.0958. The first-order valence-corrected chi connectivity index (χ1v) is 9.74. The Balaban J connectivity index is 1.55. The van der Waals surface area contributed by atoms with E-state index < -0.39 is 0 Å². The molecule has 0 aliphatic carbocycles. The quantitative estimate of drug-likeness (QED) is 0.500. The van der Waals surface area contributed by atoms with Crippen LogP contribution in [0.1, 0.15) is 16.1 Å². The van der Waals surface area contributed by atoms with Crippen molar-refractivity contribution in [3.8, 4) is 5.82 Å². The standard InChI is InChI=1S/C22H21FN6O2/c1-14-13-28(19-11-15(23)3-4-17(14)19)20-5-6-21(30)29(27-20)10-9-25-16-7-8-26-18(12-16)22(31)24-2/h3-8,11-13H,9-10H2,1-2H3,(H,24,31)(H,25,26). The van der Waals surface area contributed by atoms with Crippen LogP contribution in [0.2, 0.25) is 0 Å². The number of aryl methyl sites for hydroxylation is 1. The summed E-state index contributed by atoms with van der Waals surface area (Å²) < 4.78 is 16.9. The minimum atomic E-state index is -0.335. The third-order valence-corrected chi connectivity index (χ3v) is 4.94. The number of rotatable bonds is 6. The molecule has 1 aromatic carbocycles. The fraction of sp³-hybridized carbons (Fsp3) is 0.182. The number of halogens is 1. The Labute approximate surface area is 177 Å². The molecule has 2 N–H and O–H groups in total. The molecule has 0 bridgehead atoms. The number of amides is 1. The van der Waals surface area contributed by atoms with Crippen LogP contribution in [0, 0.1) is 12.7 Å². The molecule has 0 spiro atoms. The van der Waals surface area contributed by atoms with Gasteiger partial charge >= 0.3 is 0 Å².